The van der Waals surface area contributed by atoms with Crippen LogP contribution in [0.25, 0.3) is 0 Å². The maximum Gasteiger partial charge on any atom is 0.156 e. The van der Waals surface area contributed by atoms with Crippen molar-refractivity contribution in [3.8, 4) is 0 Å². The van der Waals surface area contributed by atoms with E-state index in [0.29, 0.717) is 18.6 Å². The Labute approximate surface area is 170 Å². The number of hydrogen-bond donors (Lipinski definition) is 0. The largest absolute Gasteiger partial charge is 0.300 e. The van der Waals surface area contributed by atoms with Crippen LogP contribution in [0.2, 0.25) is 0 Å². The van der Waals surface area contributed by atoms with Crippen molar-refractivity contribution >= 4 is 33.2 Å². The minimum Gasteiger partial charge on any atom is -0.300 e. The van der Waals surface area contributed by atoms with Gasteiger partial charge < -0.3 is 0 Å². The summed E-state index contributed by atoms with van der Waals surface area (Å²) in [6.07, 6.45) is 19.2. The second kappa shape index (κ2) is 21.1. The molecule has 0 atom stereocenters. The van der Waals surface area contributed by atoms with Crippen molar-refractivity contribution in [1.29, 1.82) is 0 Å². The number of ketones is 2. The number of carbonyl (C=O) groups excluding carboxylic acids is 2. The molecule has 0 aromatic carbocycles. The number of rotatable bonds is 20. The lowest BCUT2D eigenvalue weighted by Gasteiger charge is -2.02. The summed E-state index contributed by atoms with van der Waals surface area (Å²) in [6, 6.07) is 0. The highest BCUT2D eigenvalue weighted by Crippen LogP contribution is 2.23. The topological polar surface area (TPSA) is 34.1 Å². The van der Waals surface area contributed by atoms with Gasteiger partial charge in [-0.05, 0) is 25.3 Å². The third kappa shape index (κ3) is 20.1. The normalized spacial score (nSPS) is 11.3. The fourth-order valence-corrected chi connectivity index (χ4v) is 4.67. The van der Waals surface area contributed by atoms with E-state index < -0.39 is 0 Å². The van der Waals surface area contributed by atoms with Crippen LogP contribution in [0.1, 0.15) is 104 Å². The Bertz CT molecular complexity index is 367. The van der Waals surface area contributed by atoms with Crippen LogP contribution in [0.4, 0.5) is 0 Å². The maximum atomic E-state index is 11.8. The van der Waals surface area contributed by atoms with Crippen LogP contribution in [0.5, 0.6) is 0 Å². The lowest BCUT2D eigenvalue weighted by Crippen LogP contribution is -1.99. The van der Waals surface area contributed by atoms with Gasteiger partial charge in [-0.2, -0.15) is 0 Å². The zero-order valence-corrected chi connectivity index (χ0v) is 18.7. The fraction of sp³-hybridized carbons (Fsp3) is 0.818. The molecule has 0 aliphatic rings. The molecule has 0 N–H and O–H groups in total. The van der Waals surface area contributed by atoms with Gasteiger partial charge in [-0.15, -0.1) is 0 Å². The molecule has 0 heterocycles. The number of hydrogen-bond acceptors (Lipinski definition) is 4. The van der Waals surface area contributed by atoms with E-state index in [1.807, 2.05) is 6.08 Å². The van der Waals surface area contributed by atoms with Crippen LogP contribution in [0, 0.1) is 0 Å². The summed E-state index contributed by atoms with van der Waals surface area (Å²) in [7, 11) is 3.45. The molecule has 0 aliphatic carbocycles. The minimum absolute atomic E-state index is 0.229. The standard InChI is InChI=1S/C22H40O2S2/c1-3-5-7-9-11-13-15-21(23)17-19-25-26-20-18-22(24)16-14-12-10-8-6-4-2/h13,15H,3-12,14,16-20H2,1-2H3/b15-13+. The van der Waals surface area contributed by atoms with Crippen molar-refractivity contribution in [2.75, 3.05) is 11.5 Å². The summed E-state index contributed by atoms with van der Waals surface area (Å²) >= 11 is 0. The maximum absolute atomic E-state index is 11.8. The van der Waals surface area contributed by atoms with Crippen LogP contribution in [0.3, 0.4) is 0 Å². The highest BCUT2D eigenvalue weighted by atomic mass is 33.1. The van der Waals surface area contributed by atoms with E-state index >= 15 is 0 Å². The summed E-state index contributed by atoms with van der Waals surface area (Å²) in [5, 5.41) is 0. The van der Waals surface area contributed by atoms with Crippen molar-refractivity contribution in [1.82, 2.24) is 0 Å². The van der Waals surface area contributed by atoms with Crippen LogP contribution in [-0.4, -0.2) is 23.1 Å². The average molecular weight is 401 g/mol. The third-order valence-corrected chi connectivity index (χ3v) is 6.72. The zero-order chi connectivity index (χ0) is 19.3. The Balaban J connectivity index is 3.36. The van der Waals surface area contributed by atoms with E-state index in [-0.39, 0.29) is 5.78 Å². The SMILES string of the molecule is CCCCCC/C=C/C(=O)CCSSCCC(=O)CCCCCCCC. The average Bonchev–Trinajstić information content (AvgIpc) is 2.63. The molecule has 0 radical (unpaired) electrons. The predicted octanol–water partition coefficient (Wildman–Crippen LogP) is 7.56. The van der Waals surface area contributed by atoms with Crippen LogP contribution in [-0.2, 0) is 9.59 Å². The molecule has 0 rings (SSSR count). The van der Waals surface area contributed by atoms with Gasteiger partial charge in [-0.25, -0.2) is 0 Å². The summed E-state index contributed by atoms with van der Waals surface area (Å²) in [5.74, 6) is 2.35. The van der Waals surface area contributed by atoms with Gasteiger partial charge >= 0.3 is 0 Å². The molecule has 152 valence electrons. The molecular formula is C22H40O2S2. The van der Waals surface area contributed by atoms with Crippen LogP contribution >= 0.6 is 21.6 Å². The Hall–Kier alpha value is -0.220. The minimum atomic E-state index is 0.229. The molecule has 0 amide bonds. The van der Waals surface area contributed by atoms with E-state index in [1.54, 1.807) is 27.7 Å². The van der Waals surface area contributed by atoms with Gasteiger partial charge in [0, 0.05) is 30.8 Å². The zero-order valence-electron chi connectivity index (χ0n) is 17.1. The highest BCUT2D eigenvalue weighted by molar-refractivity contribution is 8.76. The van der Waals surface area contributed by atoms with Crippen molar-refractivity contribution in [3.63, 3.8) is 0 Å². The highest BCUT2D eigenvalue weighted by Gasteiger charge is 2.03. The molecule has 0 unspecified atom stereocenters. The second-order valence-electron chi connectivity index (χ2n) is 6.92. The molecule has 2 nitrogen and oxygen atoms in total. The molecular weight excluding hydrogens is 360 g/mol. The van der Waals surface area contributed by atoms with Crippen molar-refractivity contribution in [2.45, 2.75) is 104 Å². The van der Waals surface area contributed by atoms with E-state index in [1.165, 1.54) is 57.8 Å². The van der Waals surface area contributed by atoms with Gasteiger partial charge in [0.05, 0.1) is 0 Å². The fourth-order valence-electron chi connectivity index (χ4n) is 2.63. The first-order valence-corrected chi connectivity index (χ1v) is 13.1. The number of unbranched alkanes of at least 4 members (excludes halogenated alkanes) is 9. The summed E-state index contributed by atoms with van der Waals surface area (Å²) in [4.78, 5) is 23.5. The summed E-state index contributed by atoms with van der Waals surface area (Å²) in [6.45, 7) is 4.43. The Morgan fingerprint density at radius 3 is 1.96 bits per heavy atom. The summed E-state index contributed by atoms with van der Waals surface area (Å²) < 4.78 is 0. The van der Waals surface area contributed by atoms with Gasteiger partial charge in [0.1, 0.15) is 5.78 Å². The van der Waals surface area contributed by atoms with Crippen molar-refractivity contribution in [2.24, 2.45) is 0 Å². The first kappa shape index (κ1) is 25.8. The lowest BCUT2D eigenvalue weighted by molar-refractivity contribution is -0.118. The Kier molecular flexibility index (Phi) is 20.9. The predicted molar refractivity (Wildman–Crippen MR) is 120 cm³/mol. The van der Waals surface area contributed by atoms with Gasteiger partial charge in [-0.1, -0.05) is 92.9 Å². The molecule has 0 saturated carbocycles. The van der Waals surface area contributed by atoms with Gasteiger partial charge in [0.15, 0.2) is 5.78 Å². The Morgan fingerprint density at radius 1 is 0.692 bits per heavy atom. The Morgan fingerprint density at radius 2 is 1.27 bits per heavy atom. The molecule has 0 aromatic rings. The van der Waals surface area contributed by atoms with E-state index in [9.17, 15) is 9.59 Å². The third-order valence-electron chi connectivity index (χ3n) is 4.32. The second-order valence-corrected chi connectivity index (χ2v) is 9.62. The lowest BCUT2D eigenvalue weighted by atomic mass is 10.1. The van der Waals surface area contributed by atoms with E-state index in [4.69, 9.17) is 0 Å². The molecule has 0 spiro atoms. The first-order chi connectivity index (χ1) is 12.7. The van der Waals surface area contributed by atoms with Gasteiger partial charge in [0.25, 0.3) is 0 Å². The van der Waals surface area contributed by atoms with Gasteiger partial charge in [0.2, 0.25) is 0 Å². The quantitative estimate of drug-likeness (QED) is 0.120. The molecule has 0 aliphatic heterocycles. The molecule has 0 bridgehead atoms. The molecule has 0 saturated heterocycles. The van der Waals surface area contributed by atoms with Crippen molar-refractivity contribution < 1.29 is 9.59 Å². The molecule has 0 aromatic heterocycles. The van der Waals surface area contributed by atoms with E-state index in [0.717, 1.165) is 30.8 Å². The monoisotopic (exact) mass is 400 g/mol. The first-order valence-electron chi connectivity index (χ1n) is 10.7. The van der Waals surface area contributed by atoms with Crippen LogP contribution < -0.4 is 0 Å². The molecule has 4 heteroatoms. The number of carbonyl (C=O) groups is 2. The summed E-state index contributed by atoms with van der Waals surface area (Å²) in [5.41, 5.74) is 0. The van der Waals surface area contributed by atoms with Crippen LogP contribution in [0.15, 0.2) is 12.2 Å². The van der Waals surface area contributed by atoms with E-state index in [2.05, 4.69) is 13.8 Å². The van der Waals surface area contributed by atoms with Gasteiger partial charge in [-0.3, -0.25) is 9.59 Å². The smallest absolute Gasteiger partial charge is 0.156 e. The molecule has 26 heavy (non-hydrogen) atoms. The number of allylic oxidation sites excluding steroid dienone is 2. The molecule has 0 fully saturated rings. The van der Waals surface area contributed by atoms with Crippen molar-refractivity contribution in [3.05, 3.63) is 12.2 Å². The number of Topliss-reactive ketones (excluding diaryl/α,β-unsaturated/α-hetero) is 1.